The lowest BCUT2D eigenvalue weighted by Gasteiger charge is -2.08. The average Bonchev–Trinajstić information content (AvgIpc) is 2.39. The van der Waals surface area contributed by atoms with Gasteiger partial charge in [-0.05, 0) is 25.1 Å². The summed E-state index contributed by atoms with van der Waals surface area (Å²) in [5.74, 6) is -0.628. The van der Waals surface area contributed by atoms with Crippen LogP contribution in [0.4, 0.5) is 0 Å². The van der Waals surface area contributed by atoms with E-state index in [0.717, 1.165) is 17.0 Å². The van der Waals surface area contributed by atoms with Crippen LogP contribution in [0, 0.1) is 6.92 Å². The zero-order valence-corrected chi connectivity index (χ0v) is 10.4. The molecule has 0 radical (unpaired) electrons. The number of hydrogen-bond donors (Lipinski definition) is 2. The third-order valence-corrected chi connectivity index (χ3v) is 2.60. The lowest BCUT2D eigenvalue weighted by atomic mass is 10.1. The maximum Gasteiger partial charge on any atom is 0.320 e. The standard InChI is InChI=1S/C13H14N4O2/c1-8-6-11(9-2-4-15-5-3-9)17-12(16-8)7-10(14)13(18)19/h2-6,10H,7,14H2,1H3,(H,18,19). The monoisotopic (exact) mass is 258 g/mol. The molecule has 1 atom stereocenters. The second-order valence-corrected chi connectivity index (χ2v) is 4.20. The summed E-state index contributed by atoms with van der Waals surface area (Å²) in [6.07, 6.45) is 3.46. The van der Waals surface area contributed by atoms with Crippen molar-refractivity contribution in [2.45, 2.75) is 19.4 Å². The second kappa shape index (κ2) is 5.53. The average molecular weight is 258 g/mol. The number of carboxylic acid groups (broad SMARTS) is 1. The van der Waals surface area contributed by atoms with Gasteiger partial charge in [-0.2, -0.15) is 0 Å². The fourth-order valence-corrected chi connectivity index (χ4v) is 1.68. The van der Waals surface area contributed by atoms with E-state index in [1.807, 2.05) is 25.1 Å². The molecule has 0 fully saturated rings. The molecule has 2 aromatic rings. The van der Waals surface area contributed by atoms with E-state index < -0.39 is 12.0 Å². The Labute approximate surface area is 110 Å². The summed E-state index contributed by atoms with van der Waals surface area (Å²) in [7, 11) is 0. The molecule has 0 saturated heterocycles. The van der Waals surface area contributed by atoms with Gasteiger partial charge in [0.15, 0.2) is 0 Å². The molecule has 98 valence electrons. The molecule has 0 aliphatic rings. The Morgan fingerprint density at radius 1 is 1.37 bits per heavy atom. The van der Waals surface area contributed by atoms with Crippen molar-refractivity contribution in [3.8, 4) is 11.3 Å². The highest BCUT2D eigenvalue weighted by Crippen LogP contribution is 2.16. The van der Waals surface area contributed by atoms with E-state index in [2.05, 4.69) is 15.0 Å². The van der Waals surface area contributed by atoms with E-state index >= 15 is 0 Å². The van der Waals surface area contributed by atoms with Gasteiger partial charge < -0.3 is 10.8 Å². The summed E-state index contributed by atoms with van der Waals surface area (Å²) < 4.78 is 0. The van der Waals surface area contributed by atoms with Crippen molar-refractivity contribution >= 4 is 5.97 Å². The molecule has 6 nitrogen and oxygen atoms in total. The largest absolute Gasteiger partial charge is 0.480 e. The maximum absolute atomic E-state index is 10.8. The molecule has 0 aromatic carbocycles. The van der Waals surface area contributed by atoms with Crippen LogP contribution in [-0.4, -0.2) is 32.1 Å². The number of carboxylic acids is 1. The molecule has 0 aliphatic heterocycles. The number of aryl methyl sites for hydroxylation is 1. The quantitative estimate of drug-likeness (QED) is 0.841. The fraction of sp³-hybridized carbons (Fsp3) is 0.231. The van der Waals surface area contributed by atoms with Crippen molar-refractivity contribution in [1.82, 2.24) is 15.0 Å². The number of nitrogens with two attached hydrogens (primary N) is 1. The van der Waals surface area contributed by atoms with Crippen molar-refractivity contribution < 1.29 is 9.90 Å². The predicted molar refractivity (Wildman–Crippen MR) is 69.3 cm³/mol. The number of pyridine rings is 1. The first-order valence-electron chi connectivity index (χ1n) is 5.79. The lowest BCUT2D eigenvalue weighted by molar-refractivity contribution is -0.138. The summed E-state index contributed by atoms with van der Waals surface area (Å²) >= 11 is 0. The van der Waals surface area contributed by atoms with Crippen LogP contribution in [0.3, 0.4) is 0 Å². The second-order valence-electron chi connectivity index (χ2n) is 4.20. The third kappa shape index (κ3) is 3.32. The molecule has 6 heteroatoms. The number of hydrogen-bond acceptors (Lipinski definition) is 5. The first-order valence-corrected chi connectivity index (χ1v) is 5.79. The van der Waals surface area contributed by atoms with Gasteiger partial charge in [0, 0.05) is 30.1 Å². The molecular weight excluding hydrogens is 244 g/mol. The smallest absolute Gasteiger partial charge is 0.320 e. The van der Waals surface area contributed by atoms with E-state index in [-0.39, 0.29) is 6.42 Å². The van der Waals surface area contributed by atoms with Gasteiger partial charge in [0.1, 0.15) is 11.9 Å². The molecule has 0 spiro atoms. The number of nitrogens with zero attached hydrogens (tertiary/aromatic N) is 3. The van der Waals surface area contributed by atoms with Gasteiger partial charge in [0.2, 0.25) is 0 Å². The van der Waals surface area contributed by atoms with Crippen molar-refractivity contribution in [1.29, 1.82) is 0 Å². The number of rotatable bonds is 4. The Hall–Kier alpha value is -2.34. The molecule has 0 aliphatic carbocycles. The van der Waals surface area contributed by atoms with E-state index in [0.29, 0.717) is 5.82 Å². The van der Waals surface area contributed by atoms with Gasteiger partial charge in [-0.3, -0.25) is 9.78 Å². The first kappa shape index (κ1) is 13.1. The summed E-state index contributed by atoms with van der Waals surface area (Å²) in [5, 5.41) is 8.81. The van der Waals surface area contributed by atoms with E-state index in [4.69, 9.17) is 10.8 Å². The molecule has 0 saturated carbocycles. The minimum atomic E-state index is -1.06. The van der Waals surface area contributed by atoms with Crippen molar-refractivity contribution in [3.05, 3.63) is 42.1 Å². The van der Waals surface area contributed by atoms with Gasteiger partial charge in [-0.1, -0.05) is 0 Å². The highest BCUT2D eigenvalue weighted by molar-refractivity contribution is 5.73. The molecule has 2 rings (SSSR count). The van der Waals surface area contributed by atoms with Crippen LogP contribution in [0.5, 0.6) is 0 Å². The topological polar surface area (TPSA) is 102 Å². The summed E-state index contributed by atoms with van der Waals surface area (Å²) in [6, 6.07) is 4.52. The van der Waals surface area contributed by atoms with Crippen LogP contribution < -0.4 is 5.73 Å². The van der Waals surface area contributed by atoms with Gasteiger partial charge in [0.05, 0.1) is 5.69 Å². The first-order chi connectivity index (χ1) is 9.06. The predicted octanol–water partition coefficient (Wildman–Crippen LogP) is 0.801. The normalized spacial score (nSPS) is 12.1. The zero-order valence-electron chi connectivity index (χ0n) is 10.4. The number of aliphatic carboxylic acids is 1. The highest BCUT2D eigenvalue weighted by atomic mass is 16.4. The Morgan fingerprint density at radius 2 is 2.05 bits per heavy atom. The molecule has 3 N–H and O–H groups in total. The van der Waals surface area contributed by atoms with Crippen molar-refractivity contribution in [3.63, 3.8) is 0 Å². The summed E-state index contributed by atoms with van der Waals surface area (Å²) in [4.78, 5) is 23.3. The molecular formula is C13H14N4O2. The third-order valence-electron chi connectivity index (χ3n) is 2.60. The van der Waals surface area contributed by atoms with Crippen LogP contribution >= 0.6 is 0 Å². The van der Waals surface area contributed by atoms with E-state index in [9.17, 15) is 4.79 Å². The number of aromatic nitrogens is 3. The van der Waals surface area contributed by atoms with Gasteiger partial charge in [-0.25, -0.2) is 9.97 Å². The molecule has 0 amide bonds. The Kier molecular flexibility index (Phi) is 3.82. The molecule has 2 heterocycles. The highest BCUT2D eigenvalue weighted by Gasteiger charge is 2.15. The van der Waals surface area contributed by atoms with Crippen molar-refractivity contribution in [2.75, 3.05) is 0 Å². The van der Waals surface area contributed by atoms with Crippen LogP contribution in [0.25, 0.3) is 11.3 Å². The van der Waals surface area contributed by atoms with Crippen LogP contribution in [0.2, 0.25) is 0 Å². The molecule has 19 heavy (non-hydrogen) atoms. The van der Waals surface area contributed by atoms with E-state index in [1.54, 1.807) is 12.4 Å². The van der Waals surface area contributed by atoms with Gasteiger partial charge in [0.25, 0.3) is 0 Å². The summed E-state index contributed by atoms with van der Waals surface area (Å²) in [5.41, 5.74) is 7.92. The number of carbonyl (C=O) groups is 1. The SMILES string of the molecule is Cc1cc(-c2ccncc2)nc(CC(N)C(=O)O)n1. The molecule has 2 aromatic heterocycles. The minimum absolute atomic E-state index is 0.106. The fourth-order valence-electron chi connectivity index (χ4n) is 1.68. The Balaban J connectivity index is 2.32. The maximum atomic E-state index is 10.8. The van der Waals surface area contributed by atoms with Crippen LogP contribution in [0.1, 0.15) is 11.5 Å². The van der Waals surface area contributed by atoms with Crippen LogP contribution in [0.15, 0.2) is 30.6 Å². The minimum Gasteiger partial charge on any atom is -0.480 e. The van der Waals surface area contributed by atoms with Gasteiger partial charge >= 0.3 is 5.97 Å². The zero-order chi connectivity index (χ0) is 13.8. The molecule has 1 unspecified atom stereocenters. The van der Waals surface area contributed by atoms with Crippen molar-refractivity contribution in [2.24, 2.45) is 5.73 Å². The van der Waals surface area contributed by atoms with Crippen LogP contribution in [-0.2, 0) is 11.2 Å². The summed E-state index contributed by atoms with van der Waals surface area (Å²) in [6.45, 7) is 1.84. The Bertz CT molecular complexity index is 586. The molecule has 0 bridgehead atoms. The lowest BCUT2D eigenvalue weighted by Crippen LogP contribution is -2.33. The van der Waals surface area contributed by atoms with Gasteiger partial charge in [-0.15, -0.1) is 0 Å². The van der Waals surface area contributed by atoms with E-state index in [1.165, 1.54) is 0 Å². The Morgan fingerprint density at radius 3 is 2.68 bits per heavy atom.